The number of methoxy groups -OCH3 is 3. The third-order valence-electron chi connectivity index (χ3n) is 7.09. The number of benzene rings is 3. The van der Waals surface area contributed by atoms with E-state index in [0.29, 0.717) is 52.7 Å². The van der Waals surface area contributed by atoms with Crippen LogP contribution < -0.4 is 24.4 Å². The molecular weight excluding hydrogens is 526 g/mol. The number of ether oxygens (including phenoxy) is 4. The van der Waals surface area contributed by atoms with E-state index in [-0.39, 0.29) is 24.5 Å². The molecule has 1 fully saturated rings. The number of amides is 2. The van der Waals surface area contributed by atoms with E-state index in [9.17, 15) is 9.59 Å². The summed E-state index contributed by atoms with van der Waals surface area (Å²) in [5.74, 6) is 0.820. The zero-order chi connectivity index (χ0) is 28.8. The topological polar surface area (TPSA) is 117 Å². The van der Waals surface area contributed by atoms with E-state index in [4.69, 9.17) is 18.9 Å². The molecule has 0 aliphatic carbocycles. The number of hydrogen-bond donors (Lipinski definition) is 1. The molecule has 11 nitrogen and oxygen atoms in total. The van der Waals surface area contributed by atoms with Crippen molar-refractivity contribution in [2.75, 3.05) is 39.4 Å². The van der Waals surface area contributed by atoms with E-state index < -0.39 is 6.04 Å². The van der Waals surface area contributed by atoms with Crippen LogP contribution in [0, 0.1) is 0 Å². The number of fused-ring (bicyclic) bond motifs is 1. The smallest absolute Gasteiger partial charge is 0.249 e. The van der Waals surface area contributed by atoms with Gasteiger partial charge in [-0.1, -0.05) is 29.5 Å². The summed E-state index contributed by atoms with van der Waals surface area (Å²) >= 11 is 0. The number of aromatic nitrogens is 3. The summed E-state index contributed by atoms with van der Waals surface area (Å²) < 4.78 is 23.5. The number of hydrogen-bond acceptors (Lipinski definition) is 8. The van der Waals surface area contributed by atoms with Gasteiger partial charge in [-0.05, 0) is 54.8 Å². The van der Waals surface area contributed by atoms with Crippen LogP contribution in [0.25, 0.3) is 11.0 Å². The van der Waals surface area contributed by atoms with Crippen LogP contribution >= 0.6 is 0 Å². The Morgan fingerprint density at radius 1 is 1.02 bits per heavy atom. The predicted octanol–water partition coefficient (Wildman–Crippen LogP) is 3.53. The Labute approximate surface area is 237 Å². The van der Waals surface area contributed by atoms with Crippen molar-refractivity contribution in [3.05, 3.63) is 72.3 Å². The van der Waals surface area contributed by atoms with Crippen molar-refractivity contribution >= 4 is 28.5 Å². The number of carbonyl (C=O) groups excluding carboxylic acids is 2. The maximum Gasteiger partial charge on any atom is 0.249 e. The van der Waals surface area contributed by atoms with Crippen LogP contribution in [0.3, 0.4) is 0 Å². The van der Waals surface area contributed by atoms with Gasteiger partial charge in [0.1, 0.15) is 23.9 Å². The molecule has 4 aromatic rings. The van der Waals surface area contributed by atoms with Gasteiger partial charge in [-0.15, -0.1) is 5.10 Å². The Hall–Kier alpha value is -4.64. The van der Waals surface area contributed by atoms with Gasteiger partial charge < -0.3 is 24.3 Å². The zero-order valence-corrected chi connectivity index (χ0v) is 23.3. The molecule has 5 rings (SSSR count). The number of nitrogens with one attached hydrogen (secondary N) is 1. The Morgan fingerprint density at radius 3 is 2.51 bits per heavy atom. The Bertz CT molecular complexity index is 1500. The van der Waals surface area contributed by atoms with E-state index in [0.717, 1.165) is 12.8 Å². The van der Waals surface area contributed by atoms with Gasteiger partial charge in [0.2, 0.25) is 11.8 Å². The molecule has 2 amide bonds. The van der Waals surface area contributed by atoms with Gasteiger partial charge in [-0.3, -0.25) is 14.5 Å². The maximum absolute atomic E-state index is 14.2. The third kappa shape index (κ3) is 6.09. The normalized spacial score (nSPS) is 15.3. The van der Waals surface area contributed by atoms with E-state index in [2.05, 4.69) is 15.6 Å². The molecule has 1 aliphatic heterocycles. The molecule has 1 aromatic heterocycles. The molecule has 1 N–H and O–H groups in total. The minimum absolute atomic E-state index is 0.0674. The van der Waals surface area contributed by atoms with Gasteiger partial charge in [-0.25, -0.2) is 4.68 Å². The zero-order valence-electron chi connectivity index (χ0n) is 23.3. The second-order valence-corrected chi connectivity index (χ2v) is 9.59. The molecule has 0 spiro atoms. The fraction of sp³-hybridized carbons (Fsp3) is 0.333. The van der Waals surface area contributed by atoms with Crippen molar-refractivity contribution in [2.45, 2.75) is 31.5 Å². The summed E-state index contributed by atoms with van der Waals surface area (Å²) in [5.41, 5.74) is 2.42. The number of nitrogens with zero attached hydrogens (tertiary/aromatic N) is 4. The van der Waals surface area contributed by atoms with Gasteiger partial charge in [-0.2, -0.15) is 0 Å². The average Bonchev–Trinajstić information content (AvgIpc) is 3.69. The van der Waals surface area contributed by atoms with Crippen molar-refractivity contribution in [2.24, 2.45) is 0 Å². The Morgan fingerprint density at radius 2 is 1.80 bits per heavy atom. The summed E-state index contributed by atoms with van der Waals surface area (Å²) in [6.07, 6.45) is 1.75. The highest BCUT2D eigenvalue weighted by molar-refractivity contribution is 6.01. The number of anilines is 1. The number of carbonyl (C=O) groups is 2. The summed E-state index contributed by atoms with van der Waals surface area (Å²) in [4.78, 5) is 29.7. The highest BCUT2D eigenvalue weighted by atomic mass is 16.5. The Balaban J connectivity index is 1.58. The van der Waals surface area contributed by atoms with Crippen LogP contribution in [0.1, 0.15) is 24.4 Å². The second kappa shape index (κ2) is 12.7. The molecule has 214 valence electrons. The summed E-state index contributed by atoms with van der Waals surface area (Å²) in [6, 6.07) is 18.6. The first kappa shape index (κ1) is 27.9. The molecule has 41 heavy (non-hydrogen) atoms. The monoisotopic (exact) mass is 559 g/mol. The number of rotatable bonds is 11. The molecule has 2 atom stereocenters. The molecule has 1 aliphatic rings. The molecule has 0 saturated carbocycles. The average molecular weight is 560 g/mol. The summed E-state index contributed by atoms with van der Waals surface area (Å²) in [7, 11) is 4.63. The quantitative estimate of drug-likeness (QED) is 0.297. The minimum atomic E-state index is -1.03. The highest BCUT2D eigenvalue weighted by Gasteiger charge is 2.34. The largest absolute Gasteiger partial charge is 0.497 e. The third-order valence-corrected chi connectivity index (χ3v) is 7.09. The molecule has 0 radical (unpaired) electrons. The van der Waals surface area contributed by atoms with Gasteiger partial charge in [0.25, 0.3) is 0 Å². The van der Waals surface area contributed by atoms with Crippen molar-refractivity contribution in [1.29, 1.82) is 0 Å². The van der Waals surface area contributed by atoms with Crippen molar-refractivity contribution in [1.82, 2.24) is 20.3 Å². The van der Waals surface area contributed by atoms with Gasteiger partial charge in [0, 0.05) is 24.9 Å². The first-order valence-corrected chi connectivity index (χ1v) is 13.4. The molecule has 0 unspecified atom stereocenters. The molecular formula is C30H33N5O6. The van der Waals surface area contributed by atoms with E-state index in [1.54, 1.807) is 49.6 Å². The first-order chi connectivity index (χ1) is 20.0. The van der Waals surface area contributed by atoms with Crippen LogP contribution in [0.2, 0.25) is 0 Å². The lowest BCUT2D eigenvalue weighted by molar-refractivity contribution is -0.127. The Kier molecular flexibility index (Phi) is 8.64. The SMILES string of the molecule is COc1ccc([C@H](C(=O)NC[C@@H]2CCCO2)N(C(=O)Cn2nnc3ccccc32)c2ccc(OC)c(OC)c2)cc1. The lowest BCUT2D eigenvalue weighted by atomic mass is 10.0. The van der Waals surface area contributed by atoms with E-state index >= 15 is 0 Å². The summed E-state index contributed by atoms with van der Waals surface area (Å²) in [5, 5.41) is 11.4. The van der Waals surface area contributed by atoms with Crippen LogP contribution in [0.4, 0.5) is 5.69 Å². The van der Waals surface area contributed by atoms with Crippen molar-refractivity contribution in [3.63, 3.8) is 0 Å². The highest BCUT2D eigenvalue weighted by Crippen LogP contribution is 2.36. The number of para-hydroxylation sites is 1. The van der Waals surface area contributed by atoms with Crippen LogP contribution in [0.15, 0.2) is 66.7 Å². The van der Waals surface area contributed by atoms with Gasteiger partial charge >= 0.3 is 0 Å². The minimum Gasteiger partial charge on any atom is -0.497 e. The van der Waals surface area contributed by atoms with Crippen molar-refractivity contribution in [3.8, 4) is 17.2 Å². The predicted molar refractivity (Wildman–Crippen MR) is 152 cm³/mol. The molecule has 2 heterocycles. The van der Waals surface area contributed by atoms with Gasteiger partial charge in [0.15, 0.2) is 11.5 Å². The maximum atomic E-state index is 14.2. The lowest BCUT2D eigenvalue weighted by Gasteiger charge is -2.32. The van der Waals surface area contributed by atoms with E-state index in [1.807, 2.05) is 24.3 Å². The standard InChI is InChI=1S/C30H33N5O6/c1-38-22-13-10-20(11-14-22)29(30(37)31-18-23-7-6-16-41-23)35(21-12-15-26(39-2)27(17-21)40-3)28(36)19-34-25-9-5-4-8-24(25)32-33-34/h4-5,8-15,17,23,29H,6-7,16,18-19H2,1-3H3,(H,31,37)/t23-,29+/m0/s1. The fourth-order valence-electron chi connectivity index (χ4n) is 4.97. The lowest BCUT2D eigenvalue weighted by Crippen LogP contribution is -2.46. The molecule has 0 bridgehead atoms. The van der Waals surface area contributed by atoms with Crippen LogP contribution in [-0.4, -0.2) is 67.4 Å². The van der Waals surface area contributed by atoms with Crippen LogP contribution in [0.5, 0.6) is 17.2 Å². The summed E-state index contributed by atoms with van der Waals surface area (Å²) in [6.45, 7) is 0.859. The van der Waals surface area contributed by atoms with Crippen molar-refractivity contribution < 1.29 is 28.5 Å². The van der Waals surface area contributed by atoms with E-state index in [1.165, 1.54) is 23.8 Å². The molecule has 1 saturated heterocycles. The second-order valence-electron chi connectivity index (χ2n) is 9.59. The first-order valence-electron chi connectivity index (χ1n) is 13.4. The van der Waals surface area contributed by atoms with Crippen LogP contribution in [-0.2, 0) is 20.9 Å². The van der Waals surface area contributed by atoms with Gasteiger partial charge in [0.05, 0.1) is 33.0 Å². The molecule has 3 aromatic carbocycles. The fourth-order valence-corrected chi connectivity index (χ4v) is 4.97. The molecule has 11 heteroatoms.